The van der Waals surface area contributed by atoms with Crippen LogP contribution in [0.2, 0.25) is 0 Å². The standard InChI is InChI=1S/C28H30N2O4/c31-27(32)26(17-20-11-8-16-30(20)19-9-2-1-3-10-19)29-28(33)34-18-25-23-14-6-4-12-21(23)22-13-5-7-15-24(22)25/h4-8,11-16,19,25-26H,1-3,9-10,17-18H2,(H,29,33)(H,31,32). The number of carboxylic acid groups (broad SMARTS) is 1. The lowest BCUT2D eigenvalue weighted by Gasteiger charge is -2.26. The van der Waals surface area contributed by atoms with Crippen LogP contribution in [0, 0.1) is 0 Å². The first-order valence-corrected chi connectivity index (χ1v) is 12.1. The van der Waals surface area contributed by atoms with Crippen molar-refractivity contribution in [1.29, 1.82) is 0 Å². The lowest BCUT2D eigenvalue weighted by atomic mass is 9.95. The Hall–Kier alpha value is -3.54. The summed E-state index contributed by atoms with van der Waals surface area (Å²) in [4.78, 5) is 24.6. The molecule has 2 aliphatic rings. The number of fused-ring (bicyclic) bond motifs is 3. The van der Waals surface area contributed by atoms with E-state index in [-0.39, 0.29) is 18.9 Å². The Morgan fingerprint density at radius 3 is 2.24 bits per heavy atom. The number of ether oxygens (including phenoxy) is 1. The van der Waals surface area contributed by atoms with Crippen molar-refractivity contribution in [3.63, 3.8) is 0 Å². The van der Waals surface area contributed by atoms with Crippen molar-refractivity contribution >= 4 is 12.1 Å². The van der Waals surface area contributed by atoms with E-state index < -0.39 is 18.1 Å². The molecule has 6 heteroatoms. The summed E-state index contributed by atoms with van der Waals surface area (Å²) in [5.41, 5.74) is 5.48. The van der Waals surface area contributed by atoms with Crippen molar-refractivity contribution < 1.29 is 19.4 Å². The topological polar surface area (TPSA) is 80.6 Å². The zero-order chi connectivity index (χ0) is 23.5. The SMILES string of the molecule is O=C(NC(Cc1cccn1C1CCCCC1)C(=O)O)OCC1c2ccccc2-c2ccccc21. The predicted octanol–water partition coefficient (Wildman–Crippen LogP) is 5.53. The maximum atomic E-state index is 12.7. The van der Waals surface area contributed by atoms with Crippen LogP contribution < -0.4 is 5.32 Å². The summed E-state index contributed by atoms with van der Waals surface area (Å²) in [6.07, 6.45) is 7.42. The van der Waals surface area contributed by atoms with Gasteiger partial charge in [-0.05, 0) is 47.2 Å². The summed E-state index contributed by atoms with van der Waals surface area (Å²) >= 11 is 0. The molecule has 1 atom stereocenters. The molecule has 0 aliphatic heterocycles. The van der Waals surface area contributed by atoms with Crippen LogP contribution >= 0.6 is 0 Å². The van der Waals surface area contributed by atoms with Crippen LogP contribution in [0.5, 0.6) is 0 Å². The highest BCUT2D eigenvalue weighted by atomic mass is 16.5. The monoisotopic (exact) mass is 458 g/mol. The van der Waals surface area contributed by atoms with Crippen molar-refractivity contribution in [2.45, 2.75) is 56.5 Å². The number of hydrogen-bond acceptors (Lipinski definition) is 3. The molecule has 1 amide bonds. The number of benzene rings is 2. The van der Waals surface area contributed by atoms with Gasteiger partial charge in [0.2, 0.25) is 0 Å². The third-order valence-electron chi connectivity index (χ3n) is 7.18. The highest BCUT2D eigenvalue weighted by Gasteiger charge is 2.30. The Morgan fingerprint density at radius 2 is 1.59 bits per heavy atom. The zero-order valence-electron chi connectivity index (χ0n) is 19.2. The normalized spacial score (nSPS) is 16.5. The van der Waals surface area contributed by atoms with Gasteiger partial charge in [0, 0.05) is 30.3 Å². The molecule has 0 saturated heterocycles. The van der Waals surface area contributed by atoms with Gasteiger partial charge in [0.1, 0.15) is 12.6 Å². The molecule has 0 spiro atoms. The minimum absolute atomic E-state index is 0.0649. The van der Waals surface area contributed by atoms with Gasteiger partial charge in [0.05, 0.1) is 0 Å². The molecule has 1 fully saturated rings. The van der Waals surface area contributed by atoms with Crippen molar-refractivity contribution in [2.75, 3.05) is 6.61 Å². The second kappa shape index (κ2) is 9.75. The molecule has 1 saturated carbocycles. The van der Waals surface area contributed by atoms with Gasteiger partial charge in [-0.3, -0.25) is 0 Å². The van der Waals surface area contributed by atoms with Gasteiger partial charge in [-0.2, -0.15) is 0 Å². The lowest BCUT2D eigenvalue weighted by molar-refractivity contribution is -0.139. The van der Waals surface area contributed by atoms with Gasteiger partial charge in [-0.15, -0.1) is 0 Å². The van der Waals surface area contributed by atoms with E-state index >= 15 is 0 Å². The first kappa shape index (κ1) is 22.3. The van der Waals surface area contributed by atoms with E-state index in [1.807, 2.05) is 42.6 Å². The number of nitrogens with one attached hydrogen (secondary N) is 1. The van der Waals surface area contributed by atoms with Gasteiger partial charge in [0.15, 0.2) is 0 Å². The smallest absolute Gasteiger partial charge is 0.407 e. The van der Waals surface area contributed by atoms with E-state index in [0.29, 0.717) is 6.04 Å². The first-order valence-electron chi connectivity index (χ1n) is 12.1. The lowest BCUT2D eigenvalue weighted by Crippen LogP contribution is -2.43. The number of carboxylic acids is 1. The minimum atomic E-state index is -1.06. The molecule has 2 aliphatic carbocycles. The Morgan fingerprint density at radius 1 is 0.941 bits per heavy atom. The zero-order valence-corrected chi connectivity index (χ0v) is 19.2. The molecule has 6 nitrogen and oxygen atoms in total. The van der Waals surface area contributed by atoms with Crippen molar-refractivity contribution in [3.8, 4) is 11.1 Å². The maximum absolute atomic E-state index is 12.7. The Labute approximate surface area is 199 Å². The fourth-order valence-corrected chi connectivity index (χ4v) is 5.51. The third-order valence-corrected chi connectivity index (χ3v) is 7.18. The van der Waals surface area contributed by atoms with Gasteiger partial charge in [-0.1, -0.05) is 67.8 Å². The second-order valence-electron chi connectivity index (χ2n) is 9.26. The van der Waals surface area contributed by atoms with Crippen LogP contribution in [-0.4, -0.2) is 34.4 Å². The number of aliphatic carboxylic acids is 1. The van der Waals surface area contributed by atoms with Gasteiger partial charge in [-0.25, -0.2) is 9.59 Å². The summed E-state index contributed by atoms with van der Waals surface area (Å²) in [6.45, 7) is 0.157. The number of amides is 1. The molecular weight excluding hydrogens is 428 g/mol. The van der Waals surface area contributed by atoms with Crippen LogP contribution in [0.25, 0.3) is 11.1 Å². The van der Waals surface area contributed by atoms with Crippen LogP contribution in [0.15, 0.2) is 66.9 Å². The molecule has 1 heterocycles. The predicted molar refractivity (Wildman–Crippen MR) is 130 cm³/mol. The quantitative estimate of drug-likeness (QED) is 0.488. The molecule has 2 N–H and O–H groups in total. The summed E-state index contributed by atoms with van der Waals surface area (Å²) < 4.78 is 7.75. The molecule has 2 aromatic carbocycles. The summed E-state index contributed by atoms with van der Waals surface area (Å²) in [6, 6.07) is 19.5. The summed E-state index contributed by atoms with van der Waals surface area (Å²) in [7, 11) is 0. The molecule has 3 aromatic rings. The third kappa shape index (κ3) is 4.45. The number of nitrogens with zero attached hydrogens (tertiary/aromatic N) is 1. The number of hydrogen-bond donors (Lipinski definition) is 2. The molecule has 34 heavy (non-hydrogen) atoms. The minimum Gasteiger partial charge on any atom is -0.480 e. The summed E-state index contributed by atoms with van der Waals surface area (Å²) in [5.74, 6) is -1.13. The molecule has 0 radical (unpaired) electrons. The average Bonchev–Trinajstić information content (AvgIpc) is 3.45. The van der Waals surface area contributed by atoms with Crippen LogP contribution in [0.4, 0.5) is 4.79 Å². The number of alkyl carbamates (subject to hydrolysis) is 1. The van der Waals surface area contributed by atoms with Crippen molar-refractivity contribution in [2.24, 2.45) is 0 Å². The van der Waals surface area contributed by atoms with Gasteiger partial charge >= 0.3 is 12.1 Å². The van der Waals surface area contributed by atoms with Crippen molar-refractivity contribution in [1.82, 2.24) is 9.88 Å². The molecule has 1 unspecified atom stereocenters. The molecule has 1 aromatic heterocycles. The van der Waals surface area contributed by atoms with Crippen molar-refractivity contribution in [3.05, 3.63) is 83.7 Å². The second-order valence-corrected chi connectivity index (χ2v) is 9.26. The average molecular weight is 459 g/mol. The largest absolute Gasteiger partial charge is 0.480 e. The number of aromatic nitrogens is 1. The number of rotatable bonds is 7. The maximum Gasteiger partial charge on any atom is 0.407 e. The summed E-state index contributed by atoms with van der Waals surface area (Å²) in [5, 5.41) is 12.4. The van der Waals surface area contributed by atoms with E-state index in [1.165, 1.54) is 19.3 Å². The molecule has 176 valence electrons. The fourth-order valence-electron chi connectivity index (χ4n) is 5.51. The Kier molecular flexibility index (Phi) is 6.39. The fraction of sp³-hybridized carbons (Fsp3) is 0.357. The number of carbonyl (C=O) groups is 2. The van der Waals surface area contributed by atoms with Crippen LogP contribution in [-0.2, 0) is 16.0 Å². The highest BCUT2D eigenvalue weighted by Crippen LogP contribution is 2.44. The first-order chi connectivity index (χ1) is 16.6. The highest BCUT2D eigenvalue weighted by molar-refractivity contribution is 5.81. The van der Waals surface area contributed by atoms with Gasteiger partial charge < -0.3 is 19.7 Å². The van der Waals surface area contributed by atoms with Crippen LogP contribution in [0.1, 0.15) is 60.9 Å². The molecular formula is C28H30N2O4. The van der Waals surface area contributed by atoms with E-state index in [4.69, 9.17) is 4.74 Å². The molecule has 5 rings (SSSR count). The Balaban J connectivity index is 1.24. The van der Waals surface area contributed by atoms with E-state index in [0.717, 1.165) is 40.8 Å². The van der Waals surface area contributed by atoms with Crippen LogP contribution in [0.3, 0.4) is 0 Å². The Bertz CT molecular complexity index is 1130. The number of carbonyl (C=O) groups excluding carboxylic acids is 1. The van der Waals surface area contributed by atoms with E-state index in [9.17, 15) is 14.7 Å². The molecule has 0 bridgehead atoms. The van der Waals surface area contributed by atoms with E-state index in [2.05, 4.69) is 34.1 Å². The van der Waals surface area contributed by atoms with E-state index in [1.54, 1.807) is 0 Å². The van der Waals surface area contributed by atoms with Gasteiger partial charge in [0.25, 0.3) is 0 Å².